The van der Waals surface area contributed by atoms with Crippen molar-refractivity contribution in [2.45, 2.75) is 0 Å². The van der Waals surface area contributed by atoms with E-state index in [9.17, 15) is 20.2 Å². The summed E-state index contributed by atoms with van der Waals surface area (Å²) in [6.45, 7) is 3.64. The first kappa shape index (κ1) is 12.7. The summed E-state index contributed by atoms with van der Waals surface area (Å²) in [7, 11) is 0. The highest BCUT2D eigenvalue weighted by Crippen LogP contribution is 2.31. The maximum absolute atomic E-state index is 11.0. The van der Waals surface area contributed by atoms with Crippen molar-refractivity contribution in [3.8, 4) is 11.1 Å². The molecule has 0 aliphatic heterocycles. The first-order valence-electron chi connectivity index (χ1n) is 5.34. The molecule has 1 radical (unpaired) electrons. The molecule has 0 saturated carbocycles. The predicted molar refractivity (Wildman–Crippen MR) is 69.6 cm³/mol. The second-order valence-corrected chi connectivity index (χ2v) is 3.91. The van der Waals surface area contributed by atoms with E-state index in [0.717, 1.165) is 0 Å². The van der Waals surface area contributed by atoms with Crippen molar-refractivity contribution < 1.29 is 9.85 Å². The topological polar surface area (TPSA) is 86.3 Å². The summed E-state index contributed by atoms with van der Waals surface area (Å²) in [6, 6.07) is 10.2. The van der Waals surface area contributed by atoms with E-state index in [-0.39, 0.29) is 11.4 Å². The van der Waals surface area contributed by atoms with E-state index in [1.807, 2.05) is 0 Å². The molecule has 0 aromatic heterocycles. The minimum atomic E-state index is -0.517. The van der Waals surface area contributed by atoms with Crippen LogP contribution in [0.5, 0.6) is 0 Å². The summed E-state index contributed by atoms with van der Waals surface area (Å²) in [5.74, 6) is 0. The van der Waals surface area contributed by atoms with Crippen molar-refractivity contribution in [2.75, 3.05) is 0 Å². The number of nitrogens with zero attached hydrogens (tertiary/aromatic N) is 2. The summed E-state index contributed by atoms with van der Waals surface area (Å²) >= 11 is 0. The molecule has 0 bridgehead atoms. The molecule has 0 atom stereocenters. The van der Waals surface area contributed by atoms with Crippen LogP contribution in [0, 0.1) is 27.2 Å². The van der Waals surface area contributed by atoms with Crippen molar-refractivity contribution in [2.24, 2.45) is 0 Å². The standard InChI is InChI=1S/C13H9N2O4/c1-9-2-7-12(13(8-9)15(18)19)10-3-5-11(6-4-10)14(16)17/h2-8H,1H2. The Morgan fingerprint density at radius 1 is 0.895 bits per heavy atom. The van der Waals surface area contributed by atoms with Crippen molar-refractivity contribution in [1.29, 1.82) is 0 Å². The van der Waals surface area contributed by atoms with E-state index in [0.29, 0.717) is 16.7 Å². The Bertz CT molecular complexity index is 650. The zero-order valence-corrected chi connectivity index (χ0v) is 9.78. The van der Waals surface area contributed by atoms with Gasteiger partial charge in [0.25, 0.3) is 11.4 Å². The van der Waals surface area contributed by atoms with Crippen LogP contribution in [0.1, 0.15) is 5.56 Å². The maximum Gasteiger partial charge on any atom is 0.277 e. The lowest BCUT2D eigenvalue weighted by Crippen LogP contribution is -1.93. The van der Waals surface area contributed by atoms with E-state index in [1.165, 1.54) is 30.3 Å². The van der Waals surface area contributed by atoms with Gasteiger partial charge in [-0.1, -0.05) is 6.07 Å². The van der Waals surface area contributed by atoms with Crippen LogP contribution in [0.2, 0.25) is 0 Å². The van der Waals surface area contributed by atoms with Crippen LogP contribution < -0.4 is 0 Å². The fourth-order valence-electron chi connectivity index (χ4n) is 1.74. The number of non-ortho nitro benzene ring substituents is 1. The highest BCUT2D eigenvalue weighted by Gasteiger charge is 2.16. The van der Waals surface area contributed by atoms with Crippen molar-refractivity contribution >= 4 is 11.4 Å². The lowest BCUT2D eigenvalue weighted by Gasteiger charge is -2.04. The number of hydrogen-bond acceptors (Lipinski definition) is 4. The lowest BCUT2D eigenvalue weighted by molar-refractivity contribution is -0.385. The molecule has 2 aromatic carbocycles. The zero-order valence-electron chi connectivity index (χ0n) is 9.78. The van der Waals surface area contributed by atoms with Crippen LogP contribution in [0.15, 0.2) is 42.5 Å². The van der Waals surface area contributed by atoms with E-state index in [1.54, 1.807) is 12.1 Å². The SMILES string of the molecule is [CH2]c1ccc(-c2ccc([N+](=O)[O-])cc2)c([N+](=O)[O-])c1. The Labute approximate surface area is 108 Å². The van der Waals surface area contributed by atoms with Gasteiger partial charge in [-0.15, -0.1) is 0 Å². The van der Waals surface area contributed by atoms with Gasteiger partial charge in [-0.3, -0.25) is 20.2 Å². The molecule has 0 amide bonds. The smallest absolute Gasteiger partial charge is 0.258 e. The average Bonchev–Trinajstić information content (AvgIpc) is 2.38. The van der Waals surface area contributed by atoms with Crippen molar-refractivity contribution in [1.82, 2.24) is 0 Å². The Hall–Kier alpha value is -2.76. The van der Waals surface area contributed by atoms with E-state index in [2.05, 4.69) is 6.92 Å². The summed E-state index contributed by atoms with van der Waals surface area (Å²) in [6.07, 6.45) is 0. The third-order valence-corrected chi connectivity index (χ3v) is 2.65. The highest BCUT2D eigenvalue weighted by molar-refractivity contribution is 5.74. The molecule has 0 spiro atoms. The predicted octanol–water partition coefficient (Wildman–Crippen LogP) is 3.35. The van der Waals surface area contributed by atoms with Gasteiger partial charge in [0.2, 0.25) is 0 Å². The molecule has 6 nitrogen and oxygen atoms in total. The van der Waals surface area contributed by atoms with Crippen LogP contribution in [0.4, 0.5) is 11.4 Å². The third kappa shape index (κ3) is 2.57. The fraction of sp³-hybridized carbons (Fsp3) is 0. The normalized spacial score (nSPS) is 10.2. The van der Waals surface area contributed by atoms with Gasteiger partial charge < -0.3 is 0 Å². The average molecular weight is 257 g/mol. The summed E-state index contributed by atoms with van der Waals surface area (Å²) in [5.41, 5.74) is 1.38. The number of benzene rings is 2. The van der Waals surface area contributed by atoms with Gasteiger partial charge in [-0.2, -0.15) is 0 Å². The molecule has 19 heavy (non-hydrogen) atoms. The van der Waals surface area contributed by atoms with E-state index < -0.39 is 9.85 Å². The molecule has 6 heteroatoms. The number of nitro groups is 2. The molecule has 0 heterocycles. The first-order valence-corrected chi connectivity index (χ1v) is 5.34. The summed E-state index contributed by atoms with van der Waals surface area (Å²) in [5, 5.41) is 21.5. The fourth-order valence-corrected chi connectivity index (χ4v) is 1.74. The van der Waals surface area contributed by atoms with Gasteiger partial charge in [-0.05, 0) is 36.2 Å². The second-order valence-electron chi connectivity index (χ2n) is 3.91. The largest absolute Gasteiger partial charge is 0.277 e. The minimum absolute atomic E-state index is 0.0554. The molecule has 0 fully saturated rings. The maximum atomic E-state index is 11.0. The third-order valence-electron chi connectivity index (χ3n) is 2.65. The molecule has 95 valence electrons. The minimum Gasteiger partial charge on any atom is -0.258 e. The Kier molecular flexibility index (Phi) is 3.24. The van der Waals surface area contributed by atoms with Crippen LogP contribution in [-0.4, -0.2) is 9.85 Å². The van der Waals surface area contributed by atoms with Gasteiger partial charge in [0.15, 0.2) is 0 Å². The van der Waals surface area contributed by atoms with Gasteiger partial charge in [0, 0.05) is 18.2 Å². The van der Waals surface area contributed by atoms with Crippen LogP contribution in [0.3, 0.4) is 0 Å². The van der Waals surface area contributed by atoms with Crippen molar-refractivity contribution in [3.63, 3.8) is 0 Å². The first-order chi connectivity index (χ1) is 8.99. The summed E-state index contributed by atoms with van der Waals surface area (Å²) in [4.78, 5) is 20.5. The second kappa shape index (κ2) is 4.85. The van der Waals surface area contributed by atoms with Gasteiger partial charge in [0.1, 0.15) is 0 Å². The van der Waals surface area contributed by atoms with Gasteiger partial charge in [-0.25, -0.2) is 0 Å². The van der Waals surface area contributed by atoms with E-state index in [4.69, 9.17) is 0 Å². The number of nitro benzene ring substituents is 2. The molecule has 0 N–H and O–H groups in total. The Balaban J connectivity index is 2.52. The van der Waals surface area contributed by atoms with Gasteiger partial charge >= 0.3 is 0 Å². The van der Waals surface area contributed by atoms with Gasteiger partial charge in [0.05, 0.1) is 15.4 Å². The quantitative estimate of drug-likeness (QED) is 0.623. The Morgan fingerprint density at radius 3 is 2.05 bits per heavy atom. The van der Waals surface area contributed by atoms with Crippen LogP contribution in [-0.2, 0) is 0 Å². The zero-order chi connectivity index (χ0) is 14.0. The molecule has 2 aromatic rings. The van der Waals surface area contributed by atoms with Crippen LogP contribution >= 0.6 is 0 Å². The van der Waals surface area contributed by atoms with Crippen LogP contribution in [0.25, 0.3) is 11.1 Å². The van der Waals surface area contributed by atoms with E-state index >= 15 is 0 Å². The molecule has 2 rings (SSSR count). The number of rotatable bonds is 3. The molecule has 0 aliphatic carbocycles. The molecular formula is C13H9N2O4. The number of hydrogen-bond donors (Lipinski definition) is 0. The molecular weight excluding hydrogens is 248 g/mol. The summed E-state index contributed by atoms with van der Waals surface area (Å²) < 4.78 is 0. The Morgan fingerprint density at radius 2 is 1.53 bits per heavy atom. The van der Waals surface area contributed by atoms with Crippen molar-refractivity contribution in [3.05, 3.63) is 75.2 Å². The lowest BCUT2D eigenvalue weighted by atomic mass is 10.0. The molecule has 0 aliphatic rings. The monoisotopic (exact) mass is 257 g/mol. The highest BCUT2D eigenvalue weighted by atomic mass is 16.6. The molecule has 0 saturated heterocycles. The molecule has 0 unspecified atom stereocenters.